The van der Waals surface area contributed by atoms with Gasteiger partial charge in [-0.15, -0.1) is 0 Å². The molecule has 0 aromatic rings. The van der Waals surface area contributed by atoms with E-state index in [1.165, 1.54) is 13.8 Å². The van der Waals surface area contributed by atoms with Crippen LogP contribution in [0.5, 0.6) is 0 Å². The molecule has 0 rings (SSSR count). The summed E-state index contributed by atoms with van der Waals surface area (Å²) in [5.74, 6) is 0. The molecular weight excluding hydrogens is 116 g/mol. The van der Waals surface area contributed by atoms with Crippen LogP contribution < -0.4 is 0 Å². The number of rotatable bonds is 1. The summed E-state index contributed by atoms with van der Waals surface area (Å²) in [7, 11) is 0. The van der Waals surface area contributed by atoms with Gasteiger partial charge in [0.05, 0.1) is 0 Å². The van der Waals surface area contributed by atoms with Crippen molar-refractivity contribution in [2.24, 2.45) is 0 Å². The number of hydrogen-bond donors (Lipinski definition) is 1. The minimum Gasteiger partial charge on any atom is -0.770 e. The lowest BCUT2D eigenvalue weighted by molar-refractivity contribution is 0.161. The van der Waals surface area contributed by atoms with Crippen LogP contribution in [0.25, 0.3) is 0 Å². The predicted molar refractivity (Wildman–Crippen MR) is 25.2 cm³/mol. The van der Waals surface area contributed by atoms with Gasteiger partial charge < -0.3 is 9.66 Å². The molecule has 7 heavy (non-hydrogen) atoms. The molecular formula is C3H7O3S-. The molecule has 0 radical (unpaired) electrons. The molecule has 0 aliphatic heterocycles. The van der Waals surface area contributed by atoms with E-state index in [1.54, 1.807) is 0 Å². The van der Waals surface area contributed by atoms with Crippen molar-refractivity contribution in [3.05, 3.63) is 0 Å². The minimum absolute atomic E-state index is 1.20. The molecule has 0 heterocycles. The summed E-state index contributed by atoms with van der Waals surface area (Å²) in [4.78, 5) is -1.58. The van der Waals surface area contributed by atoms with Crippen LogP contribution in [0.1, 0.15) is 13.8 Å². The normalized spacial score (nSPS) is 16.6. The second-order valence-electron chi connectivity index (χ2n) is 1.68. The Balaban J connectivity index is 3.79. The molecule has 0 aromatic heterocycles. The van der Waals surface area contributed by atoms with Gasteiger partial charge in [-0.1, -0.05) is 0 Å². The Morgan fingerprint density at radius 2 is 1.86 bits per heavy atom. The van der Waals surface area contributed by atoms with Crippen LogP contribution in [0, 0.1) is 0 Å². The standard InChI is InChI=1S/C3H8O3S/c1-3(2,4)7(5)6/h4H,1-2H3,(H,5,6)/p-1. The third-order valence-electron chi connectivity index (χ3n) is 0.408. The highest BCUT2D eigenvalue weighted by atomic mass is 32.2. The van der Waals surface area contributed by atoms with Crippen molar-refractivity contribution in [2.45, 2.75) is 18.8 Å². The van der Waals surface area contributed by atoms with Crippen LogP contribution in [0.2, 0.25) is 0 Å². The highest BCUT2D eigenvalue weighted by molar-refractivity contribution is 7.80. The molecule has 0 aliphatic carbocycles. The molecule has 0 spiro atoms. The van der Waals surface area contributed by atoms with Gasteiger partial charge in [0.2, 0.25) is 0 Å². The third-order valence-corrected chi connectivity index (χ3v) is 1.22. The van der Waals surface area contributed by atoms with Gasteiger partial charge in [0.15, 0.2) is 0 Å². The molecule has 4 heteroatoms. The lowest BCUT2D eigenvalue weighted by Gasteiger charge is -2.19. The molecule has 0 bridgehead atoms. The van der Waals surface area contributed by atoms with Crippen LogP contribution >= 0.6 is 0 Å². The molecule has 1 atom stereocenters. The smallest absolute Gasteiger partial charge is 0.120 e. The highest BCUT2D eigenvalue weighted by Gasteiger charge is 2.10. The fraction of sp³-hybridized carbons (Fsp3) is 1.00. The molecule has 3 nitrogen and oxygen atoms in total. The lowest BCUT2D eigenvalue weighted by atomic mass is 10.5. The van der Waals surface area contributed by atoms with E-state index in [0.29, 0.717) is 0 Å². The third kappa shape index (κ3) is 2.73. The van der Waals surface area contributed by atoms with Crippen molar-refractivity contribution in [3.8, 4) is 0 Å². The van der Waals surface area contributed by atoms with Gasteiger partial charge in [-0.25, -0.2) is 0 Å². The molecule has 1 unspecified atom stereocenters. The Labute approximate surface area is 44.6 Å². The summed E-state index contributed by atoms with van der Waals surface area (Å²) in [5, 5.41) is 8.48. The van der Waals surface area contributed by atoms with Gasteiger partial charge in [-0.05, 0) is 24.9 Å². The molecule has 0 fully saturated rings. The molecule has 0 aromatic carbocycles. The summed E-state index contributed by atoms with van der Waals surface area (Å²) in [6, 6.07) is 0. The fourth-order valence-electron chi connectivity index (χ4n) is 0. The van der Waals surface area contributed by atoms with E-state index in [9.17, 15) is 8.76 Å². The van der Waals surface area contributed by atoms with Crippen LogP contribution in [0.4, 0.5) is 0 Å². The molecule has 44 valence electrons. The molecule has 0 saturated carbocycles. The molecule has 0 aliphatic rings. The van der Waals surface area contributed by atoms with Gasteiger partial charge in [0.1, 0.15) is 4.93 Å². The first-order valence-corrected chi connectivity index (χ1v) is 2.84. The van der Waals surface area contributed by atoms with Crippen LogP contribution in [0.3, 0.4) is 0 Å². The topological polar surface area (TPSA) is 60.4 Å². The maximum absolute atomic E-state index is 9.77. The van der Waals surface area contributed by atoms with Crippen LogP contribution in [-0.2, 0) is 11.1 Å². The van der Waals surface area contributed by atoms with Gasteiger partial charge in [0.25, 0.3) is 0 Å². The first-order valence-electron chi connectivity index (χ1n) is 1.76. The summed E-state index contributed by atoms with van der Waals surface area (Å²) < 4.78 is 19.5. The van der Waals surface area contributed by atoms with E-state index >= 15 is 0 Å². The maximum Gasteiger partial charge on any atom is 0.120 e. The van der Waals surface area contributed by atoms with Crippen LogP contribution in [-0.4, -0.2) is 18.8 Å². The van der Waals surface area contributed by atoms with Crippen molar-refractivity contribution in [2.75, 3.05) is 0 Å². The van der Waals surface area contributed by atoms with E-state index in [2.05, 4.69) is 0 Å². The Morgan fingerprint density at radius 3 is 1.86 bits per heavy atom. The zero-order chi connectivity index (χ0) is 6.08. The zero-order valence-corrected chi connectivity index (χ0v) is 4.99. The second kappa shape index (κ2) is 1.90. The minimum atomic E-state index is -2.38. The Morgan fingerprint density at radius 1 is 1.71 bits per heavy atom. The SMILES string of the molecule is CC(C)(O)S(=O)[O-]. The zero-order valence-electron chi connectivity index (χ0n) is 4.17. The fourth-order valence-corrected chi connectivity index (χ4v) is 0. The molecule has 0 saturated heterocycles. The highest BCUT2D eigenvalue weighted by Crippen LogP contribution is 2.02. The first-order chi connectivity index (χ1) is 2.94. The van der Waals surface area contributed by atoms with E-state index in [0.717, 1.165) is 0 Å². The Hall–Kier alpha value is 0.0700. The number of hydrogen-bond acceptors (Lipinski definition) is 3. The summed E-state index contributed by atoms with van der Waals surface area (Å²) in [6.07, 6.45) is 0. The Kier molecular flexibility index (Phi) is 1.92. The quantitative estimate of drug-likeness (QED) is 0.482. The van der Waals surface area contributed by atoms with Crippen molar-refractivity contribution in [1.82, 2.24) is 0 Å². The van der Waals surface area contributed by atoms with Crippen molar-refractivity contribution >= 4 is 11.1 Å². The predicted octanol–water partition coefficient (Wildman–Crippen LogP) is -0.406. The monoisotopic (exact) mass is 123 g/mol. The summed E-state index contributed by atoms with van der Waals surface area (Å²) in [5.41, 5.74) is 0. The average molecular weight is 123 g/mol. The molecule has 1 N–H and O–H groups in total. The second-order valence-corrected chi connectivity index (χ2v) is 3.15. The maximum atomic E-state index is 9.77. The van der Waals surface area contributed by atoms with Gasteiger partial charge in [-0.3, -0.25) is 4.21 Å². The van der Waals surface area contributed by atoms with Gasteiger partial charge >= 0.3 is 0 Å². The van der Waals surface area contributed by atoms with Gasteiger partial charge in [-0.2, -0.15) is 0 Å². The largest absolute Gasteiger partial charge is 0.770 e. The number of aliphatic hydroxyl groups is 1. The van der Waals surface area contributed by atoms with Crippen molar-refractivity contribution in [1.29, 1.82) is 0 Å². The summed E-state index contributed by atoms with van der Waals surface area (Å²) in [6.45, 7) is 2.41. The van der Waals surface area contributed by atoms with Crippen molar-refractivity contribution in [3.63, 3.8) is 0 Å². The summed E-state index contributed by atoms with van der Waals surface area (Å²) >= 11 is -2.38. The van der Waals surface area contributed by atoms with E-state index in [-0.39, 0.29) is 0 Å². The van der Waals surface area contributed by atoms with Crippen molar-refractivity contribution < 1.29 is 13.9 Å². The lowest BCUT2D eigenvalue weighted by Crippen LogP contribution is -2.24. The van der Waals surface area contributed by atoms with Crippen LogP contribution in [0.15, 0.2) is 0 Å². The average Bonchev–Trinajstić information content (AvgIpc) is 1.31. The van der Waals surface area contributed by atoms with E-state index in [1.807, 2.05) is 0 Å². The van der Waals surface area contributed by atoms with E-state index < -0.39 is 16.0 Å². The van der Waals surface area contributed by atoms with E-state index in [4.69, 9.17) is 5.11 Å². The first kappa shape index (κ1) is 7.07. The Bertz CT molecular complexity index is 82.7. The molecule has 0 amide bonds. The van der Waals surface area contributed by atoms with Gasteiger partial charge in [0, 0.05) is 0 Å².